The Morgan fingerprint density at radius 2 is 2.30 bits per heavy atom. The summed E-state index contributed by atoms with van der Waals surface area (Å²) in [6, 6.07) is 0.917. The molecule has 2 fully saturated rings. The van der Waals surface area contributed by atoms with Gasteiger partial charge in [0.25, 0.3) is 0 Å². The molecule has 2 saturated heterocycles. The fourth-order valence-electron chi connectivity index (χ4n) is 3.03. The van der Waals surface area contributed by atoms with Gasteiger partial charge in [-0.15, -0.1) is 0 Å². The molecule has 1 N–H and O–H groups in total. The summed E-state index contributed by atoms with van der Waals surface area (Å²) in [7, 11) is -3.07. The molecule has 23 heavy (non-hydrogen) atoms. The number of sulfone groups is 1. The lowest BCUT2D eigenvalue weighted by molar-refractivity contribution is 0.0749. The highest BCUT2D eigenvalue weighted by Gasteiger charge is 2.36. The van der Waals surface area contributed by atoms with Crippen LogP contribution in [-0.2, 0) is 14.6 Å². The fourth-order valence-corrected chi connectivity index (χ4v) is 4.76. The number of aryl methyl sites for hydroxylation is 1. The molecule has 2 aliphatic rings. The van der Waals surface area contributed by atoms with Gasteiger partial charge in [0.15, 0.2) is 9.84 Å². The van der Waals surface area contributed by atoms with Crippen molar-refractivity contribution in [2.75, 3.05) is 30.0 Å². The van der Waals surface area contributed by atoms with E-state index in [1.165, 1.54) is 0 Å². The number of aromatic nitrogens is 1. The Balaban J connectivity index is 1.72. The zero-order valence-corrected chi connectivity index (χ0v) is 13.8. The molecule has 0 unspecified atom stereocenters. The number of rotatable bonds is 4. The molecule has 1 aromatic heterocycles. The van der Waals surface area contributed by atoms with E-state index in [4.69, 9.17) is 9.26 Å². The van der Waals surface area contributed by atoms with Crippen molar-refractivity contribution < 1.29 is 22.5 Å². The van der Waals surface area contributed by atoms with Crippen LogP contribution in [0.2, 0.25) is 0 Å². The molecule has 9 heteroatoms. The quantitative estimate of drug-likeness (QED) is 0.881. The molecule has 0 bridgehead atoms. The van der Waals surface area contributed by atoms with Crippen molar-refractivity contribution in [3.05, 3.63) is 11.8 Å². The van der Waals surface area contributed by atoms with Crippen LogP contribution in [0.15, 0.2) is 10.6 Å². The van der Waals surface area contributed by atoms with Gasteiger partial charge in [-0.1, -0.05) is 5.16 Å². The average molecular weight is 343 g/mol. The first kappa shape index (κ1) is 16.3. The van der Waals surface area contributed by atoms with Gasteiger partial charge in [-0.2, -0.15) is 0 Å². The monoisotopic (exact) mass is 343 g/mol. The maximum Gasteiger partial charge on any atom is 0.324 e. The Morgan fingerprint density at radius 1 is 1.48 bits per heavy atom. The number of urea groups is 1. The molecule has 0 saturated carbocycles. The minimum Gasteiger partial charge on any atom is -0.376 e. The lowest BCUT2D eigenvalue weighted by Crippen LogP contribution is -2.47. The van der Waals surface area contributed by atoms with Crippen LogP contribution in [0.3, 0.4) is 0 Å². The zero-order chi connectivity index (χ0) is 16.4. The first-order valence-corrected chi connectivity index (χ1v) is 9.58. The number of amides is 2. The van der Waals surface area contributed by atoms with Crippen molar-refractivity contribution in [3.63, 3.8) is 0 Å². The Hall–Kier alpha value is -1.61. The fraction of sp³-hybridized carbons (Fsp3) is 0.714. The minimum atomic E-state index is -3.07. The van der Waals surface area contributed by atoms with Gasteiger partial charge in [0.05, 0.1) is 23.3 Å². The Bertz CT molecular complexity index is 666. The summed E-state index contributed by atoms with van der Waals surface area (Å²) in [5, 5.41) is 6.37. The van der Waals surface area contributed by atoms with Gasteiger partial charge in [0.2, 0.25) is 5.88 Å². The summed E-state index contributed by atoms with van der Waals surface area (Å²) in [5.74, 6) is 0.377. The van der Waals surface area contributed by atoms with Crippen molar-refractivity contribution in [2.45, 2.75) is 38.3 Å². The van der Waals surface area contributed by atoms with Crippen LogP contribution in [0.1, 0.15) is 25.0 Å². The van der Waals surface area contributed by atoms with Crippen molar-refractivity contribution in [3.8, 4) is 0 Å². The number of nitrogens with one attached hydrogen (secondary N) is 1. The van der Waals surface area contributed by atoms with Crippen molar-refractivity contribution in [1.29, 1.82) is 0 Å². The molecule has 3 rings (SSSR count). The Morgan fingerprint density at radius 3 is 2.87 bits per heavy atom. The minimum absolute atomic E-state index is 0.00255. The first-order valence-electron chi connectivity index (χ1n) is 7.76. The van der Waals surface area contributed by atoms with Crippen LogP contribution in [0.4, 0.5) is 10.7 Å². The van der Waals surface area contributed by atoms with Gasteiger partial charge in [-0.05, 0) is 26.2 Å². The van der Waals surface area contributed by atoms with Crippen LogP contribution in [0.5, 0.6) is 0 Å². The van der Waals surface area contributed by atoms with E-state index in [9.17, 15) is 13.2 Å². The Labute approximate surface area is 135 Å². The molecule has 2 atom stereocenters. The van der Waals surface area contributed by atoms with Gasteiger partial charge in [-0.3, -0.25) is 5.32 Å². The summed E-state index contributed by atoms with van der Waals surface area (Å²) in [6.07, 6.45) is 2.26. The topological polar surface area (TPSA) is 102 Å². The van der Waals surface area contributed by atoms with E-state index < -0.39 is 9.84 Å². The van der Waals surface area contributed by atoms with Crippen LogP contribution >= 0.6 is 0 Å². The van der Waals surface area contributed by atoms with Gasteiger partial charge in [-0.25, -0.2) is 13.2 Å². The summed E-state index contributed by atoms with van der Waals surface area (Å²) in [4.78, 5) is 14.2. The largest absolute Gasteiger partial charge is 0.376 e. The number of anilines is 1. The summed E-state index contributed by atoms with van der Waals surface area (Å²) >= 11 is 0. The van der Waals surface area contributed by atoms with E-state index in [2.05, 4.69) is 10.5 Å². The molecule has 0 spiro atoms. The van der Waals surface area contributed by atoms with E-state index in [0.29, 0.717) is 25.3 Å². The molecular weight excluding hydrogens is 322 g/mol. The first-order chi connectivity index (χ1) is 10.9. The SMILES string of the molecule is Cc1cc(NC(=O)N(C[C@@H]2CCCO2)[C@@H]2CCS(=O)(=O)C2)on1. The molecule has 128 valence electrons. The standard InChI is InChI=1S/C14H21N3O5S/c1-10-7-13(22-16-10)15-14(18)17(8-12-3-2-5-21-12)11-4-6-23(19,20)9-11/h7,11-12H,2-6,8-9H2,1H3,(H,15,18)/t11-,12+/m1/s1. The van der Waals surface area contributed by atoms with E-state index in [-0.39, 0.29) is 35.6 Å². The lowest BCUT2D eigenvalue weighted by Gasteiger charge is -2.30. The van der Waals surface area contributed by atoms with Crippen molar-refractivity contribution in [1.82, 2.24) is 10.1 Å². The second kappa shape index (κ2) is 6.48. The highest BCUT2D eigenvalue weighted by atomic mass is 32.2. The van der Waals surface area contributed by atoms with Crippen LogP contribution in [0.25, 0.3) is 0 Å². The molecule has 2 aliphatic heterocycles. The van der Waals surface area contributed by atoms with Gasteiger partial charge in [0, 0.05) is 25.3 Å². The number of carbonyl (C=O) groups is 1. The molecule has 1 aromatic rings. The predicted octanol–water partition coefficient (Wildman–Crippen LogP) is 1.18. The summed E-state index contributed by atoms with van der Waals surface area (Å²) in [5.41, 5.74) is 0.662. The van der Waals surface area contributed by atoms with E-state index in [1.54, 1.807) is 17.9 Å². The maximum atomic E-state index is 12.6. The summed E-state index contributed by atoms with van der Waals surface area (Å²) in [6.45, 7) is 2.83. The number of nitrogens with zero attached hydrogens (tertiary/aromatic N) is 2. The second-order valence-corrected chi connectivity index (χ2v) is 8.34. The highest BCUT2D eigenvalue weighted by Crippen LogP contribution is 2.22. The third-order valence-electron chi connectivity index (χ3n) is 4.19. The second-order valence-electron chi connectivity index (χ2n) is 6.11. The van der Waals surface area contributed by atoms with E-state index in [0.717, 1.165) is 12.8 Å². The smallest absolute Gasteiger partial charge is 0.324 e. The number of hydrogen-bond acceptors (Lipinski definition) is 6. The molecule has 0 radical (unpaired) electrons. The lowest BCUT2D eigenvalue weighted by atomic mass is 10.2. The van der Waals surface area contributed by atoms with Crippen LogP contribution in [-0.4, -0.2) is 61.3 Å². The van der Waals surface area contributed by atoms with Crippen molar-refractivity contribution >= 4 is 21.8 Å². The Kier molecular flexibility index (Phi) is 4.58. The molecule has 0 aliphatic carbocycles. The third-order valence-corrected chi connectivity index (χ3v) is 5.94. The highest BCUT2D eigenvalue weighted by molar-refractivity contribution is 7.91. The zero-order valence-electron chi connectivity index (χ0n) is 13.0. The summed E-state index contributed by atoms with van der Waals surface area (Å²) < 4.78 is 34.1. The molecular formula is C14H21N3O5S. The molecule has 8 nitrogen and oxygen atoms in total. The van der Waals surface area contributed by atoms with Gasteiger partial charge >= 0.3 is 6.03 Å². The number of hydrogen-bond donors (Lipinski definition) is 1. The van der Waals surface area contributed by atoms with E-state index in [1.807, 2.05) is 0 Å². The van der Waals surface area contributed by atoms with E-state index >= 15 is 0 Å². The normalized spacial score (nSPS) is 26.3. The van der Waals surface area contributed by atoms with Crippen molar-refractivity contribution in [2.24, 2.45) is 0 Å². The van der Waals surface area contributed by atoms with Gasteiger partial charge < -0.3 is 14.2 Å². The van der Waals surface area contributed by atoms with Gasteiger partial charge in [0.1, 0.15) is 0 Å². The maximum absolute atomic E-state index is 12.6. The van der Waals surface area contributed by atoms with Crippen LogP contribution in [0, 0.1) is 6.92 Å². The number of ether oxygens (including phenoxy) is 1. The predicted molar refractivity (Wildman–Crippen MR) is 83.0 cm³/mol. The molecule has 0 aromatic carbocycles. The average Bonchev–Trinajstić information content (AvgIpc) is 3.18. The molecule has 2 amide bonds. The molecule has 3 heterocycles. The third kappa shape index (κ3) is 4.03. The van der Waals surface area contributed by atoms with Crippen LogP contribution < -0.4 is 5.32 Å². The number of carbonyl (C=O) groups excluding carboxylic acids is 1.